The van der Waals surface area contributed by atoms with E-state index in [2.05, 4.69) is 10.6 Å². The first-order chi connectivity index (χ1) is 24.7. The first kappa shape index (κ1) is 41.9. The molecule has 5 aliphatic rings. The molecule has 2 saturated carbocycles. The maximum absolute atomic E-state index is 13.1. The Morgan fingerprint density at radius 2 is 1.46 bits per heavy atom. The average Bonchev–Trinajstić information content (AvgIpc) is 3.40. The minimum atomic E-state index is -1.71. The van der Waals surface area contributed by atoms with Crippen molar-refractivity contribution in [2.75, 3.05) is 32.8 Å². The highest BCUT2D eigenvalue weighted by Gasteiger charge is 2.55. The number of hydrogen-bond acceptors (Lipinski definition) is 20. The van der Waals surface area contributed by atoms with Crippen LogP contribution >= 0.6 is 0 Å². The van der Waals surface area contributed by atoms with Gasteiger partial charge < -0.3 is 104 Å². The van der Waals surface area contributed by atoms with Gasteiger partial charge in [-0.2, -0.15) is 0 Å². The molecule has 3 saturated heterocycles. The van der Waals surface area contributed by atoms with E-state index in [1.54, 1.807) is 0 Å². The first-order valence-electron chi connectivity index (χ1n) is 18.1. The van der Waals surface area contributed by atoms with Gasteiger partial charge in [0.25, 0.3) is 5.91 Å². The van der Waals surface area contributed by atoms with E-state index in [1.165, 1.54) is 0 Å². The van der Waals surface area contributed by atoms with Crippen molar-refractivity contribution in [2.24, 2.45) is 34.4 Å². The van der Waals surface area contributed by atoms with Crippen molar-refractivity contribution in [3.05, 3.63) is 0 Å². The van der Waals surface area contributed by atoms with Gasteiger partial charge >= 0.3 is 0 Å². The highest BCUT2D eigenvalue weighted by atomic mass is 16.8. The van der Waals surface area contributed by atoms with Crippen LogP contribution in [-0.2, 0) is 33.2 Å². The Bertz CT molecular complexity index is 1150. The second-order valence-electron chi connectivity index (χ2n) is 14.7. The van der Waals surface area contributed by atoms with Gasteiger partial charge in [0, 0.05) is 38.0 Å². The van der Waals surface area contributed by atoms with Crippen LogP contribution < -0.4 is 45.0 Å². The largest absolute Gasteiger partial charge is 0.394 e. The Hall–Kier alpha value is -1.29. The molecule has 0 aromatic heterocycles. The molecule has 302 valence electrons. The van der Waals surface area contributed by atoms with Crippen molar-refractivity contribution in [1.82, 2.24) is 10.6 Å². The predicted octanol–water partition coefficient (Wildman–Crippen LogP) is -7.85. The summed E-state index contributed by atoms with van der Waals surface area (Å²) >= 11 is 0. The fourth-order valence-corrected chi connectivity index (χ4v) is 7.52. The molecule has 0 spiro atoms. The number of amides is 1. The van der Waals surface area contributed by atoms with Crippen LogP contribution in [0.5, 0.6) is 0 Å². The number of carbonyl (C=O) groups is 1. The fraction of sp³-hybridized carbons (Fsp3) is 0.968. The quantitative estimate of drug-likeness (QED) is 0.0691. The summed E-state index contributed by atoms with van der Waals surface area (Å²) in [5.41, 5.74) is 34.5. The molecule has 0 radical (unpaired) electrons. The van der Waals surface area contributed by atoms with E-state index in [0.29, 0.717) is 32.5 Å². The van der Waals surface area contributed by atoms with Gasteiger partial charge in [-0.05, 0) is 38.8 Å². The van der Waals surface area contributed by atoms with E-state index in [1.807, 2.05) is 0 Å². The second-order valence-corrected chi connectivity index (χ2v) is 14.7. The number of hydrogen-bond donors (Lipinski definition) is 14. The predicted molar refractivity (Wildman–Crippen MR) is 179 cm³/mol. The van der Waals surface area contributed by atoms with Crippen molar-refractivity contribution in [3.63, 3.8) is 0 Å². The molecule has 20 N–H and O–H groups in total. The van der Waals surface area contributed by atoms with Gasteiger partial charge in [0.2, 0.25) is 0 Å². The Kier molecular flexibility index (Phi) is 14.6. The van der Waals surface area contributed by atoms with Crippen LogP contribution in [0.2, 0.25) is 0 Å². The van der Waals surface area contributed by atoms with E-state index < -0.39 is 116 Å². The summed E-state index contributed by atoms with van der Waals surface area (Å²) in [5, 5.41) is 70.7. The molecule has 5 rings (SSSR count). The number of rotatable bonds is 15. The van der Waals surface area contributed by atoms with Crippen molar-refractivity contribution < 1.29 is 63.9 Å². The van der Waals surface area contributed by atoms with Crippen LogP contribution in [0.4, 0.5) is 0 Å². The van der Waals surface area contributed by atoms with Crippen molar-refractivity contribution in [2.45, 2.75) is 154 Å². The highest BCUT2D eigenvalue weighted by Crippen LogP contribution is 2.36. The van der Waals surface area contributed by atoms with E-state index >= 15 is 0 Å². The minimum absolute atomic E-state index is 0.00191. The van der Waals surface area contributed by atoms with Gasteiger partial charge in [-0.15, -0.1) is 0 Å². The standard InChI is InChI=1S/C31H60N8O13/c32-4-1-5-38-10-13-2-3-14(35)27(47-13)50-24-15(36)6-16(39-30(45)31(46)7-12(34)8-31)20(41)26(24)52-29-23(44)25(18(11-40)49-29)51-28-19(37)22(43)21(42)17(9-33)48-28/h12-29,38,40-44,46H,1-11,32-37H2,(H,39,45)/t12?,13-,14+,15-,16+,17-,18+,19+,20-,21+,22+,23+,24+,25+,26+,27+,28+,29-,31?/m0/s1. The molecular weight excluding hydrogens is 692 g/mol. The molecule has 3 heterocycles. The summed E-state index contributed by atoms with van der Waals surface area (Å²) in [4.78, 5) is 13.1. The fourth-order valence-electron chi connectivity index (χ4n) is 7.52. The molecule has 0 aromatic carbocycles. The molecule has 17 atom stereocenters. The average molecular weight is 753 g/mol. The van der Waals surface area contributed by atoms with E-state index in [9.17, 15) is 35.4 Å². The normalized spacial score (nSPS) is 48.3. The summed E-state index contributed by atoms with van der Waals surface area (Å²) in [6.45, 7) is 0.937. The van der Waals surface area contributed by atoms with Crippen LogP contribution in [0, 0.1) is 0 Å². The second kappa shape index (κ2) is 18.1. The zero-order chi connectivity index (χ0) is 37.9. The van der Waals surface area contributed by atoms with Crippen LogP contribution in [0.25, 0.3) is 0 Å². The summed E-state index contributed by atoms with van der Waals surface area (Å²) in [6, 6.07) is -4.10. The number of nitrogens with one attached hydrogen (secondary N) is 2. The summed E-state index contributed by atoms with van der Waals surface area (Å²) in [7, 11) is 0. The summed E-state index contributed by atoms with van der Waals surface area (Å²) in [6.07, 6.45) is -14.2. The molecule has 0 aromatic rings. The Morgan fingerprint density at radius 3 is 2.12 bits per heavy atom. The molecule has 21 nitrogen and oxygen atoms in total. The molecular formula is C31H60N8O13. The molecule has 52 heavy (non-hydrogen) atoms. The molecule has 2 aliphatic carbocycles. The zero-order valence-corrected chi connectivity index (χ0v) is 29.2. The van der Waals surface area contributed by atoms with Gasteiger partial charge in [0.15, 0.2) is 18.9 Å². The van der Waals surface area contributed by atoms with Crippen LogP contribution in [0.15, 0.2) is 0 Å². The number of aliphatic hydroxyl groups is 6. The van der Waals surface area contributed by atoms with E-state index in [4.69, 9.17) is 62.8 Å². The summed E-state index contributed by atoms with van der Waals surface area (Å²) in [5.74, 6) is -0.732. The SMILES string of the molecule is NCCCNC[C@@H]1CC[C@@H](N)[C@@H](O[C@H]2[C@H](O[C@@H]3O[C@H](CO)[C@@H](O[C@H]4O[C@@H](CN)[C@@H](O)[C@H](O)[C@H]4N)[C@H]3O)[C@@H](O)[C@H](NC(=O)C3(O)CC(N)C3)C[C@@H]2N)O1. The van der Waals surface area contributed by atoms with E-state index in [-0.39, 0.29) is 38.0 Å². The molecule has 0 unspecified atom stereocenters. The van der Waals surface area contributed by atoms with Crippen LogP contribution in [0.3, 0.4) is 0 Å². The van der Waals surface area contributed by atoms with Gasteiger partial charge in [0.1, 0.15) is 60.5 Å². The lowest BCUT2D eigenvalue weighted by Gasteiger charge is -2.48. The lowest BCUT2D eigenvalue weighted by molar-refractivity contribution is -0.290. The molecule has 3 aliphatic heterocycles. The van der Waals surface area contributed by atoms with Crippen molar-refractivity contribution in [1.29, 1.82) is 0 Å². The smallest absolute Gasteiger partial charge is 0.252 e. The van der Waals surface area contributed by atoms with Gasteiger partial charge in [-0.25, -0.2) is 0 Å². The molecule has 1 amide bonds. The molecule has 0 bridgehead atoms. The Balaban J connectivity index is 1.33. The topological polar surface area (TPSA) is 374 Å². The van der Waals surface area contributed by atoms with Crippen LogP contribution in [-0.4, -0.2) is 185 Å². The van der Waals surface area contributed by atoms with Crippen LogP contribution in [0.1, 0.15) is 38.5 Å². The highest BCUT2D eigenvalue weighted by molar-refractivity contribution is 5.86. The zero-order valence-electron chi connectivity index (χ0n) is 29.2. The molecule has 21 heteroatoms. The Labute approximate surface area is 301 Å². The lowest BCUT2D eigenvalue weighted by Crippen LogP contribution is -2.69. The van der Waals surface area contributed by atoms with Gasteiger partial charge in [-0.1, -0.05) is 0 Å². The van der Waals surface area contributed by atoms with Crippen molar-refractivity contribution in [3.8, 4) is 0 Å². The minimum Gasteiger partial charge on any atom is -0.394 e. The Morgan fingerprint density at radius 1 is 0.788 bits per heavy atom. The lowest BCUT2D eigenvalue weighted by atomic mass is 9.75. The third-order valence-electron chi connectivity index (χ3n) is 10.7. The number of carbonyl (C=O) groups excluding carboxylic acids is 1. The van der Waals surface area contributed by atoms with E-state index in [0.717, 1.165) is 6.42 Å². The maximum atomic E-state index is 13.1. The maximum Gasteiger partial charge on any atom is 0.252 e. The number of ether oxygens (including phenoxy) is 6. The third-order valence-corrected chi connectivity index (χ3v) is 10.7. The van der Waals surface area contributed by atoms with Gasteiger partial charge in [0.05, 0.1) is 30.8 Å². The van der Waals surface area contributed by atoms with Gasteiger partial charge in [-0.3, -0.25) is 4.79 Å². The monoisotopic (exact) mass is 752 g/mol. The number of nitrogens with two attached hydrogens (primary N) is 6. The molecule has 5 fully saturated rings. The number of aliphatic hydroxyl groups excluding tert-OH is 5. The third kappa shape index (κ3) is 9.21. The first-order valence-corrected chi connectivity index (χ1v) is 18.1. The van der Waals surface area contributed by atoms with Crippen molar-refractivity contribution >= 4 is 5.91 Å². The summed E-state index contributed by atoms with van der Waals surface area (Å²) < 4.78 is 36.2.